The van der Waals surface area contributed by atoms with Crippen LogP contribution < -0.4 is 10.6 Å². The van der Waals surface area contributed by atoms with Crippen molar-refractivity contribution in [1.29, 1.82) is 0 Å². The number of aryl methyl sites for hydroxylation is 1. The predicted octanol–water partition coefficient (Wildman–Crippen LogP) is 2.58. The van der Waals surface area contributed by atoms with Crippen LogP contribution in [0, 0.1) is 6.92 Å². The van der Waals surface area contributed by atoms with E-state index in [1.807, 2.05) is 0 Å². The Kier molecular flexibility index (Phi) is 9.45. The van der Waals surface area contributed by atoms with Crippen LogP contribution in [0.3, 0.4) is 0 Å². The molecular weight excluding hydrogens is 365 g/mol. The highest BCUT2D eigenvalue weighted by atomic mass is 35.5. The smallest absolute Gasteiger partial charge is 0.238 e. The Morgan fingerprint density at radius 3 is 2.62 bits per heavy atom. The molecule has 2 N–H and O–H groups in total. The van der Waals surface area contributed by atoms with Gasteiger partial charge in [0.15, 0.2) is 0 Å². The van der Waals surface area contributed by atoms with Crippen molar-refractivity contribution in [2.75, 3.05) is 24.7 Å². The molecule has 0 bridgehead atoms. The lowest BCUT2D eigenvalue weighted by Gasteiger charge is -2.33. The molecule has 0 saturated carbocycles. The molecule has 2 heterocycles. The van der Waals surface area contributed by atoms with Crippen molar-refractivity contribution in [2.45, 2.75) is 38.4 Å². The van der Waals surface area contributed by atoms with Crippen molar-refractivity contribution < 1.29 is 4.79 Å². The van der Waals surface area contributed by atoms with E-state index in [1.165, 1.54) is 11.1 Å². The summed E-state index contributed by atoms with van der Waals surface area (Å²) in [6.45, 7) is 5.32. The van der Waals surface area contributed by atoms with E-state index in [-0.39, 0.29) is 36.8 Å². The maximum Gasteiger partial charge on any atom is 0.238 e. The number of halogens is 2. The summed E-state index contributed by atoms with van der Waals surface area (Å²) in [5, 5.41) is 6.45. The Labute approximate surface area is 161 Å². The van der Waals surface area contributed by atoms with Gasteiger partial charge in [-0.2, -0.15) is 0 Å². The largest absolute Gasteiger partial charge is 0.352 e. The molecule has 136 valence electrons. The van der Waals surface area contributed by atoms with Crippen molar-refractivity contribution in [3.63, 3.8) is 0 Å². The summed E-state index contributed by atoms with van der Waals surface area (Å²) in [5.74, 6) is 1.98. The SMILES string of the molecule is Cc1ccccc1CN1CCC(NC(=O)C2CSCN2)CC1.Cl.Cl. The number of hydrogen-bond donors (Lipinski definition) is 2. The normalized spacial score (nSPS) is 21.6. The standard InChI is InChI=1S/C17H25N3OS.2ClH/c1-13-4-2-3-5-14(13)10-20-8-6-15(7-9-20)19-17(21)16-11-22-12-18-16;;/h2-5,15-16,18H,6-12H2,1H3,(H,19,21);2*1H. The molecule has 0 spiro atoms. The number of carbonyl (C=O) groups excluding carboxylic acids is 1. The van der Waals surface area contributed by atoms with E-state index in [1.54, 1.807) is 11.8 Å². The molecule has 24 heavy (non-hydrogen) atoms. The first kappa shape index (κ1) is 21.6. The highest BCUT2D eigenvalue weighted by molar-refractivity contribution is 7.99. The first-order chi connectivity index (χ1) is 10.7. The second kappa shape index (κ2) is 10.5. The van der Waals surface area contributed by atoms with E-state index in [4.69, 9.17) is 0 Å². The second-order valence-electron chi connectivity index (χ2n) is 6.26. The van der Waals surface area contributed by atoms with E-state index in [9.17, 15) is 4.79 Å². The van der Waals surface area contributed by atoms with Gasteiger partial charge in [0.05, 0.1) is 6.04 Å². The van der Waals surface area contributed by atoms with Gasteiger partial charge in [-0.1, -0.05) is 24.3 Å². The molecule has 1 aromatic carbocycles. The van der Waals surface area contributed by atoms with Gasteiger partial charge in [-0.25, -0.2) is 0 Å². The molecule has 1 atom stereocenters. The lowest BCUT2D eigenvalue weighted by Crippen LogP contribution is -2.50. The summed E-state index contributed by atoms with van der Waals surface area (Å²) in [6.07, 6.45) is 2.11. The highest BCUT2D eigenvalue weighted by Crippen LogP contribution is 2.17. The molecule has 0 aromatic heterocycles. The Morgan fingerprint density at radius 1 is 1.29 bits per heavy atom. The minimum absolute atomic E-state index is 0. The average Bonchev–Trinajstić information content (AvgIpc) is 3.06. The zero-order chi connectivity index (χ0) is 15.4. The third-order valence-electron chi connectivity index (χ3n) is 4.62. The maximum atomic E-state index is 12.1. The van der Waals surface area contributed by atoms with E-state index >= 15 is 0 Å². The van der Waals surface area contributed by atoms with Crippen LogP contribution in [0.4, 0.5) is 0 Å². The lowest BCUT2D eigenvalue weighted by molar-refractivity contribution is -0.123. The Balaban J connectivity index is 0.00000144. The fraction of sp³-hybridized carbons (Fsp3) is 0.588. The van der Waals surface area contributed by atoms with Gasteiger partial charge in [-0.15, -0.1) is 36.6 Å². The summed E-state index contributed by atoms with van der Waals surface area (Å²) in [6, 6.07) is 8.95. The van der Waals surface area contributed by atoms with E-state index < -0.39 is 0 Å². The summed E-state index contributed by atoms with van der Waals surface area (Å²) in [4.78, 5) is 14.6. The number of nitrogens with zero attached hydrogens (tertiary/aromatic N) is 1. The van der Waals surface area contributed by atoms with Crippen molar-refractivity contribution in [2.24, 2.45) is 0 Å². The Morgan fingerprint density at radius 2 is 2.00 bits per heavy atom. The lowest BCUT2D eigenvalue weighted by atomic mass is 10.0. The Hall–Kier alpha value is -0.460. The topological polar surface area (TPSA) is 44.4 Å². The van der Waals surface area contributed by atoms with Gasteiger partial charge in [-0.3, -0.25) is 15.0 Å². The fourth-order valence-corrected chi connectivity index (χ4v) is 4.07. The summed E-state index contributed by atoms with van der Waals surface area (Å²) < 4.78 is 0. The fourth-order valence-electron chi connectivity index (χ4n) is 3.13. The maximum absolute atomic E-state index is 12.1. The second-order valence-corrected chi connectivity index (χ2v) is 7.29. The number of benzene rings is 1. The number of hydrogen-bond acceptors (Lipinski definition) is 4. The minimum atomic E-state index is 0. The highest BCUT2D eigenvalue weighted by Gasteiger charge is 2.26. The van der Waals surface area contributed by atoms with Crippen LogP contribution in [0.5, 0.6) is 0 Å². The number of nitrogens with one attached hydrogen (secondary N) is 2. The molecule has 0 radical (unpaired) electrons. The molecule has 0 aliphatic carbocycles. The van der Waals surface area contributed by atoms with Crippen LogP contribution >= 0.6 is 36.6 Å². The van der Waals surface area contributed by atoms with Crippen molar-refractivity contribution in [3.05, 3.63) is 35.4 Å². The average molecular weight is 392 g/mol. The number of likely N-dealkylation sites (tertiary alicyclic amines) is 1. The van der Waals surface area contributed by atoms with Crippen molar-refractivity contribution >= 4 is 42.5 Å². The molecule has 2 saturated heterocycles. The summed E-state index contributed by atoms with van der Waals surface area (Å²) in [7, 11) is 0. The van der Waals surface area contributed by atoms with Crippen LogP contribution in [0.1, 0.15) is 24.0 Å². The van der Waals surface area contributed by atoms with Crippen LogP contribution in [0.2, 0.25) is 0 Å². The van der Waals surface area contributed by atoms with Gasteiger partial charge in [0, 0.05) is 37.3 Å². The quantitative estimate of drug-likeness (QED) is 0.827. The number of amides is 1. The third-order valence-corrected chi connectivity index (χ3v) is 5.56. The van der Waals surface area contributed by atoms with E-state index in [2.05, 4.69) is 46.7 Å². The molecule has 1 amide bonds. The van der Waals surface area contributed by atoms with Crippen LogP contribution in [-0.4, -0.2) is 47.6 Å². The molecule has 2 aliphatic rings. The minimum Gasteiger partial charge on any atom is -0.352 e. The van der Waals surface area contributed by atoms with Gasteiger partial charge in [-0.05, 0) is 30.9 Å². The molecule has 4 nitrogen and oxygen atoms in total. The predicted molar refractivity (Wildman–Crippen MR) is 106 cm³/mol. The van der Waals surface area contributed by atoms with Crippen LogP contribution in [0.15, 0.2) is 24.3 Å². The van der Waals surface area contributed by atoms with E-state index in [0.29, 0.717) is 6.04 Å². The summed E-state index contributed by atoms with van der Waals surface area (Å²) in [5.41, 5.74) is 2.78. The van der Waals surface area contributed by atoms with Gasteiger partial charge in [0.2, 0.25) is 5.91 Å². The zero-order valence-electron chi connectivity index (χ0n) is 14.0. The Bertz CT molecular complexity index is 518. The number of thioether (sulfide) groups is 1. The van der Waals surface area contributed by atoms with Gasteiger partial charge in [0.25, 0.3) is 0 Å². The van der Waals surface area contributed by atoms with E-state index in [0.717, 1.165) is 44.1 Å². The number of piperidine rings is 1. The molecule has 3 rings (SSSR count). The molecule has 1 unspecified atom stereocenters. The zero-order valence-corrected chi connectivity index (χ0v) is 16.4. The van der Waals surface area contributed by atoms with Crippen LogP contribution in [-0.2, 0) is 11.3 Å². The van der Waals surface area contributed by atoms with Crippen molar-refractivity contribution in [1.82, 2.24) is 15.5 Å². The first-order valence-electron chi connectivity index (χ1n) is 8.11. The van der Waals surface area contributed by atoms with Crippen LogP contribution in [0.25, 0.3) is 0 Å². The molecule has 1 aromatic rings. The van der Waals surface area contributed by atoms with Crippen molar-refractivity contribution in [3.8, 4) is 0 Å². The van der Waals surface area contributed by atoms with Gasteiger partial charge < -0.3 is 5.32 Å². The van der Waals surface area contributed by atoms with Gasteiger partial charge in [0.1, 0.15) is 0 Å². The number of carbonyl (C=O) groups is 1. The molecule has 7 heteroatoms. The number of rotatable bonds is 4. The molecule has 2 fully saturated rings. The molecule has 2 aliphatic heterocycles. The third kappa shape index (κ3) is 5.81. The molecular formula is C17H27Cl2N3OS. The summed E-state index contributed by atoms with van der Waals surface area (Å²) >= 11 is 1.80. The first-order valence-corrected chi connectivity index (χ1v) is 9.26. The monoisotopic (exact) mass is 391 g/mol. The van der Waals surface area contributed by atoms with Gasteiger partial charge >= 0.3 is 0 Å².